The molecule has 134 valence electrons. The minimum atomic E-state index is -0.416. The standard InChI is InChI=1S/C19H14N4O2S2/c1-26-12-8-6-11(7-9-12)15-10-27-19(20-15)21-18(25)16-13-4-2-3-5-14(13)17(24)23-22-16/h2-10H,1H3,(H,23,24)(H,20,21,25). The van der Waals surface area contributed by atoms with Crippen LogP contribution in [-0.4, -0.2) is 27.3 Å². The molecule has 2 N–H and O–H groups in total. The minimum absolute atomic E-state index is 0.159. The molecule has 0 spiro atoms. The van der Waals surface area contributed by atoms with Crippen LogP contribution in [0.1, 0.15) is 10.5 Å². The van der Waals surface area contributed by atoms with Gasteiger partial charge in [-0.15, -0.1) is 23.1 Å². The first kappa shape index (κ1) is 17.4. The number of aromatic amines is 1. The van der Waals surface area contributed by atoms with Crippen LogP contribution in [0.15, 0.2) is 63.6 Å². The Morgan fingerprint density at radius 1 is 1.11 bits per heavy atom. The van der Waals surface area contributed by atoms with Crippen LogP contribution < -0.4 is 10.9 Å². The molecule has 27 heavy (non-hydrogen) atoms. The molecule has 0 bridgehead atoms. The van der Waals surface area contributed by atoms with Crippen LogP contribution in [0.5, 0.6) is 0 Å². The van der Waals surface area contributed by atoms with Gasteiger partial charge in [0.2, 0.25) is 0 Å². The lowest BCUT2D eigenvalue weighted by molar-refractivity contribution is 0.102. The predicted molar refractivity (Wildman–Crippen MR) is 110 cm³/mol. The van der Waals surface area contributed by atoms with Crippen LogP contribution in [0.3, 0.4) is 0 Å². The summed E-state index contributed by atoms with van der Waals surface area (Å²) in [5.74, 6) is -0.416. The Labute approximate surface area is 162 Å². The zero-order valence-electron chi connectivity index (χ0n) is 14.2. The lowest BCUT2D eigenvalue weighted by atomic mass is 10.1. The number of aromatic nitrogens is 3. The van der Waals surface area contributed by atoms with E-state index in [1.807, 2.05) is 35.9 Å². The van der Waals surface area contributed by atoms with Gasteiger partial charge < -0.3 is 0 Å². The molecule has 4 rings (SSSR count). The molecular weight excluding hydrogens is 380 g/mol. The number of amides is 1. The number of carbonyl (C=O) groups is 1. The van der Waals surface area contributed by atoms with Crippen molar-refractivity contribution in [1.82, 2.24) is 15.2 Å². The SMILES string of the molecule is CSc1ccc(-c2csc(NC(=O)c3n[nH]c(=O)c4ccccc34)n2)cc1. The van der Waals surface area contributed by atoms with Crippen molar-refractivity contribution in [3.63, 3.8) is 0 Å². The van der Waals surface area contributed by atoms with Crippen molar-refractivity contribution in [3.05, 3.63) is 70.0 Å². The predicted octanol–water partition coefficient (Wildman–Crippen LogP) is 4.02. The van der Waals surface area contributed by atoms with Gasteiger partial charge in [-0.2, -0.15) is 5.10 Å². The van der Waals surface area contributed by atoms with Crippen molar-refractivity contribution < 1.29 is 4.79 Å². The highest BCUT2D eigenvalue weighted by atomic mass is 32.2. The third kappa shape index (κ3) is 3.49. The molecule has 0 saturated heterocycles. The number of rotatable bonds is 4. The van der Waals surface area contributed by atoms with Gasteiger partial charge in [0, 0.05) is 21.2 Å². The Hall–Kier alpha value is -2.97. The molecule has 4 aromatic rings. The number of anilines is 1. The summed E-state index contributed by atoms with van der Waals surface area (Å²) >= 11 is 3.02. The molecule has 6 nitrogen and oxygen atoms in total. The third-order valence-electron chi connectivity index (χ3n) is 4.02. The Kier molecular flexibility index (Phi) is 4.74. The number of carbonyl (C=O) groups excluding carboxylic acids is 1. The normalized spacial score (nSPS) is 10.9. The third-order valence-corrected chi connectivity index (χ3v) is 5.52. The van der Waals surface area contributed by atoms with Crippen LogP contribution in [0.2, 0.25) is 0 Å². The molecule has 0 aliphatic rings. The molecule has 0 aliphatic heterocycles. The molecule has 0 unspecified atom stereocenters. The highest BCUT2D eigenvalue weighted by Crippen LogP contribution is 2.27. The minimum Gasteiger partial charge on any atom is -0.296 e. The molecule has 0 radical (unpaired) electrons. The lowest BCUT2D eigenvalue weighted by Crippen LogP contribution is -2.19. The van der Waals surface area contributed by atoms with Gasteiger partial charge in [0.15, 0.2) is 10.8 Å². The monoisotopic (exact) mass is 394 g/mol. The van der Waals surface area contributed by atoms with E-state index in [9.17, 15) is 9.59 Å². The van der Waals surface area contributed by atoms with E-state index in [0.717, 1.165) is 11.3 Å². The fourth-order valence-electron chi connectivity index (χ4n) is 2.67. The quantitative estimate of drug-likeness (QED) is 0.511. The van der Waals surface area contributed by atoms with E-state index in [2.05, 4.69) is 20.5 Å². The number of benzene rings is 2. The molecule has 2 heterocycles. The molecule has 0 saturated carbocycles. The molecule has 2 aromatic heterocycles. The van der Waals surface area contributed by atoms with E-state index < -0.39 is 5.91 Å². The highest BCUT2D eigenvalue weighted by Gasteiger charge is 2.16. The van der Waals surface area contributed by atoms with Crippen molar-refractivity contribution in [3.8, 4) is 11.3 Å². The van der Waals surface area contributed by atoms with Crippen LogP contribution in [0.4, 0.5) is 5.13 Å². The van der Waals surface area contributed by atoms with Gasteiger partial charge in [-0.3, -0.25) is 14.9 Å². The smallest absolute Gasteiger partial charge is 0.278 e. The first-order chi connectivity index (χ1) is 13.2. The summed E-state index contributed by atoms with van der Waals surface area (Å²) in [6.45, 7) is 0. The maximum atomic E-state index is 12.6. The highest BCUT2D eigenvalue weighted by molar-refractivity contribution is 7.98. The van der Waals surface area contributed by atoms with E-state index in [1.54, 1.807) is 36.0 Å². The zero-order valence-corrected chi connectivity index (χ0v) is 15.9. The number of nitrogens with one attached hydrogen (secondary N) is 2. The van der Waals surface area contributed by atoms with E-state index in [-0.39, 0.29) is 11.3 Å². The number of thioether (sulfide) groups is 1. The molecule has 1 amide bonds. The number of thiazole rings is 1. The van der Waals surface area contributed by atoms with Crippen LogP contribution in [0, 0.1) is 0 Å². The summed E-state index contributed by atoms with van der Waals surface area (Å²) in [5.41, 5.74) is 1.61. The molecule has 0 atom stereocenters. The van der Waals surface area contributed by atoms with Crippen molar-refractivity contribution in [2.24, 2.45) is 0 Å². The van der Waals surface area contributed by atoms with E-state index >= 15 is 0 Å². The van der Waals surface area contributed by atoms with Gasteiger partial charge in [0.1, 0.15) is 0 Å². The molecular formula is C19H14N4O2S2. The first-order valence-corrected chi connectivity index (χ1v) is 10.1. The Morgan fingerprint density at radius 3 is 2.59 bits per heavy atom. The van der Waals surface area contributed by atoms with Crippen LogP contribution in [-0.2, 0) is 0 Å². The van der Waals surface area contributed by atoms with Gasteiger partial charge in [-0.25, -0.2) is 10.1 Å². The summed E-state index contributed by atoms with van der Waals surface area (Å²) in [7, 11) is 0. The number of H-pyrrole nitrogens is 1. The van der Waals surface area contributed by atoms with Gasteiger partial charge >= 0.3 is 0 Å². The summed E-state index contributed by atoms with van der Waals surface area (Å²) in [4.78, 5) is 30.2. The molecule has 0 fully saturated rings. The second-order valence-corrected chi connectivity index (χ2v) is 7.41. The van der Waals surface area contributed by atoms with Gasteiger partial charge in [0.25, 0.3) is 11.5 Å². The number of hydrogen-bond donors (Lipinski definition) is 2. The van der Waals surface area contributed by atoms with Gasteiger partial charge in [0.05, 0.1) is 11.1 Å². The number of nitrogens with zero attached hydrogens (tertiary/aromatic N) is 2. The number of hydrogen-bond acceptors (Lipinski definition) is 6. The van der Waals surface area contributed by atoms with Crippen LogP contribution >= 0.6 is 23.1 Å². The average molecular weight is 394 g/mol. The average Bonchev–Trinajstić information content (AvgIpc) is 3.17. The largest absolute Gasteiger partial charge is 0.296 e. The topological polar surface area (TPSA) is 87.7 Å². The van der Waals surface area contributed by atoms with E-state index in [1.165, 1.54) is 16.2 Å². The Bertz CT molecular complexity index is 1180. The van der Waals surface area contributed by atoms with E-state index in [4.69, 9.17) is 0 Å². The fourth-order valence-corrected chi connectivity index (χ4v) is 3.79. The van der Waals surface area contributed by atoms with Crippen molar-refractivity contribution in [2.45, 2.75) is 4.90 Å². The summed E-state index contributed by atoms with van der Waals surface area (Å²) in [6.07, 6.45) is 2.03. The van der Waals surface area contributed by atoms with Crippen molar-refractivity contribution >= 4 is 44.9 Å². The van der Waals surface area contributed by atoms with Gasteiger partial charge in [-0.05, 0) is 24.5 Å². The Balaban J connectivity index is 1.60. The first-order valence-electron chi connectivity index (χ1n) is 8.04. The molecule has 2 aromatic carbocycles. The van der Waals surface area contributed by atoms with Crippen LogP contribution in [0.25, 0.3) is 22.0 Å². The van der Waals surface area contributed by atoms with Gasteiger partial charge in [-0.1, -0.05) is 30.3 Å². The van der Waals surface area contributed by atoms with Crippen molar-refractivity contribution in [2.75, 3.05) is 11.6 Å². The van der Waals surface area contributed by atoms with E-state index in [0.29, 0.717) is 15.9 Å². The zero-order chi connectivity index (χ0) is 18.8. The van der Waals surface area contributed by atoms with Crippen molar-refractivity contribution in [1.29, 1.82) is 0 Å². The molecule has 0 aliphatic carbocycles. The Morgan fingerprint density at radius 2 is 1.85 bits per heavy atom. The summed E-state index contributed by atoms with van der Waals surface area (Å²) < 4.78 is 0. The number of fused-ring (bicyclic) bond motifs is 1. The maximum Gasteiger partial charge on any atom is 0.278 e. The summed E-state index contributed by atoms with van der Waals surface area (Å²) in [6, 6.07) is 14.9. The lowest BCUT2D eigenvalue weighted by Gasteiger charge is -2.04. The summed E-state index contributed by atoms with van der Waals surface area (Å²) in [5, 5.41) is 12.3. The second kappa shape index (κ2) is 7.34. The fraction of sp³-hybridized carbons (Fsp3) is 0.0526. The maximum absolute atomic E-state index is 12.6. The second-order valence-electron chi connectivity index (χ2n) is 5.67. The molecule has 8 heteroatoms.